The van der Waals surface area contributed by atoms with Gasteiger partial charge in [0.25, 0.3) is 0 Å². The highest BCUT2D eigenvalue weighted by Crippen LogP contribution is 2.43. The number of unbranched alkanes of at least 4 members (excludes halogenated alkanes) is 16. The van der Waals surface area contributed by atoms with Gasteiger partial charge >= 0.3 is 19.8 Å². The maximum Gasteiger partial charge on any atom is 0.472 e. The van der Waals surface area contributed by atoms with Gasteiger partial charge in [-0.25, -0.2) is 4.57 Å². The molecule has 0 amide bonds. The molecule has 0 aliphatic heterocycles. The van der Waals surface area contributed by atoms with E-state index in [2.05, 4.69) is 42.7 Å². The third-order valence-electron chi connectivity index (χ3n) is 9.25. The summed E-state index contributed by atoms with van der Waals surface area (Å²) in [6.07, 6.45) is 42.3. The summed E-state index contributed by atoms with van der Waals surface area (Å²) in [6, 6.07) is 0. The third-order valence-corrected chi connectivity index (χ3v) is 10.2. The normalized spacial score (nSPS) is 14.9. The summed E-state index contributed by atoms with van der Waals surface area (Å²) in [6.45, 7) is 2.16. The minimum atomic E-state index is -4.65. The number of hydrogen-bond acceptors (Lipinski definition) is 10. The van der Waals surface area contributed by atoms with Crippen LogP contribution in [0.3, 0.4) is 0 Å². The molecule has 12 heteroatoms. The number of carbonyl (C=O) groups is 2. The van der Waals surface area contributed by atoms with Crippen molar-refractivity contribution in [1.29, 1.82) is 0 Å². The molecule has 4 atom stereocenters. The summed E-state index contributed by atoms with van der Waals surface area (Å²) in [5.41, 5.74) is 0. The molecule has 0 aliphatic carbocycles. The van der Waals surface area contributed by atoms with Crippen LogP contribution in [0.15, 0.2) is 60.8 Å². The number of hydrogen-bond donors (Lipinski definition) is 4. The second kappa shape index (κ2) is 41.4. The molecule has 336 valence electrons. The molecule has 0 bridgehead atoms. The van der Waals surface area contributed by atoms with Crippen LogP contribution >= 0.6 is 7.82 Å². The zero-order chi connectivity index (χ0) is 42.8. The Morgan fingerprint density at radius 3 is 1.76 bits per heavy atom. The van der Waals surface area contributed by atoms with Gasteiger partial charge in [-0.2, -0.15) is 0 Å². The lowest BCUT2D eigenvalue weighted by molar-refractivity contribution is -0.161. The van der Waals surface area contributed by atoms with Crippen LogP contribution in [0.5, 0.6) is 0 Å². The maximum absolute atomic E-state index is 12.6. The third kappa shape index (κ3) is 40.4. The van der Waals surface area contributed by atoms with Gasteiger partial charge in [0, 0.05) is 12.8 Å². The Bertz CT molecular complexity index is 1170. The van der Waals surface area contributed by atoms with Crippen molar-refractivity contribution >= 4 is 19.8 Å². The molecule has 0 saturated carbocycles. The van der Waals surface area contributed by atoms with Gasteiger partial charge < -0.3 is 29.7 Å². The van der Waals surface area contributed by atoms with E-state index in [1.807, 2.05) is 36.5 Å². The summed E-state index contributed by atoms with van der Waals surface area (Å²) in [7, 11) is -4.65. The molecular weight excluding hydrogens is 759 g/mol. The number of allylic oxidation sites excluding steroid dienone is 9. The highest BCUT2D eigenvalue weighted by Gasteiger charge is 2.27. The van der Waals surface area contributed by atoms with E-state index in [1.165, 1.54) is 64.2 Å². The van der Waals surface area contributed by atoms with Gasteiger partial charge in [0.1, 0.15) is 12.7 Å². The number of aliphatic hydroxyl groups is 3. The van der Waals surface area contributed by atoms with Crippen molar-refractivity contribution in [3.8, 4) is 0 Å². The van der Waals surface area contributed by atoms with Crippen molar-refractivity contribution in [3.05, 3.63) is 60.8 Å². The Hall–Kier alpha value is -2.37. The van der Waals surface area contributed by atoms with Crippen molar-refractivity contribution in [2.45, 2.75) is 193 Å². The van der Waals surface area contributed by atoms with E-state index < -0.39 is 57.9 Å². The quantitative estimate of drug-likeness (QED) is 0.0152. The second-order valence-corrected chi connectivity index (χ2v) is 16.4. The van der Waals surface area contributed by atoms with E-state index in [4.69, 9.17) is 19.1 Å². The molecule has 0 spiro atoms. The predicted molar refractivity (Wildman–Crippen MR) is 234 cm³/mol. The number of phosphoric acid groups is 1. The van der Waals surface area contributed by atoms with Crippen molar-refractivity contribution in [2.75, 3.05) is 26.4 Å². The summed E-state index contributed by atoms with van der Waals surface area (Å²) in [5.74, 6) is -1.02. The monoisotopic (exact) mass is 841 g/mol. The van der Waals surface area contributed by atoms with Gasteiger partial charge in [0.05, 0.1) is 25.9 Å². The predicted octanol–water partition coefficient (Wildman–Crippen LogP) is 10.9. The smallest absolute Gasteiger partial charge is 0.462 e. The van der Waals surface area contributed by atoms with E-state index in [9.17, 15) is 29.3 Å². The number of rotatable bonds is 41. The molecule has 1 unspecified atom stereocenters. The van der Waals surface area contributed by atoms with Crippen LogP contribution in [0.1, 0.15) is 174 Å². The highest BCUT2D eigenvalue weighted by atomic mass is 31.2. The Morgan fingerprint density at radius 1 is 0.586 bits per heavy atom. The Labute approximate surface area is 351 Å². The van der Waals surface area contributed by atoms with Gasteiger partial charge in [-0.05, 0) is 64.2 Å². The van der Waals surface area contributed by atoms with Gasteiger partial charge in [0.2, 0.25) is 0 Å². The van der Waals surface area contributed by atoms with E-state index in [-0.39, 0.29) is 19.4 Å². The molecule has 0 rings (SSSR count). The highest BCUT2D eigenvalue weighted by molar-refractivity contribution is 7.47. The minimum Gasteiger partial charge on any atom is -0.462 e. The average Bonchev–Trinajstić information content (AvgIpc) is 3.20. The molecule has 0 aliphatic rings. The molecule has 0 heterocycles. The number of carbonyl (C=O) groups excluding carboxylic acids is 2. The molecule has 0 aromatic carbocycles. The molecule has 0 fully saturated rings. The van der Waals surface area contributed by atoms with Gasteiger partial charge in [-0.15, -0.1) is 0 Å². The van der Waals surface area contributed by atoms with E-state index >= 15 is 0 Å². The number of esters is 2. The summed E-state index contributed by atoms with van der Waals surface area (Å²) in [5, 5.41) is 28.2. The van der Waals surface area contributed by atoms with Crippen LogP contribution in [0, 0.1) is 0 Å². The van der Waals surface area contributed by atoms with Crippen molar-refractivity contribution < 1.29 is 52.9 Å². The molecule has 0 saturated heterocycles. The van der Waals surface area contributed by atoms with Gasteiger partial charge in [-0.1, -0.05) is 158 Å². The fourth-order valence-corrected chi connectivity index (χ4v) is 6.53. The van der Waals surface area contributed by atoms with Crippen LogP contribution in [-0.2, 0) is 32.7 Å². The molecular formula is C46H81O11P. The van der Waals surface area contributed by atoms with Crippen LogP contribution < -0.4 is 0 Å². The Balaban J connectivity index is 4.42. The molecule has 0 aromatic heterocycles. The van der Waals surface area contributed by atoms with E-state index in [1.54, 1.807) is 0 Å². The lowest BCUT2D eigenvalue weighted by atomic mass is 10.1. The first-order valence-electron chi connectivity index (χ1n) is 22.4. The van der Waals surface area contributed by atoms with E-state index in [0.29, 0.717) is 19.3 Å². The van der Waals surface area contributed by atoms with Crippen LogP contribution in [0.2, 0.25) is 0 Å². The lowest BCUT2D eigenvalue weighted by Crippen LogP contribution is -2.29. The van der Waals surface area contributed by atoms with Crippen LogP contribution in [0.4, 0.5) is 0 Å². The maximum atomic E-state index is 12.6. The zero-order valence-electron chi connectivity index (χ0n) is 36.1. The topological polar surface area (TPSA) is 169 Å². The summed E-state index contributed by atoms with van der Waals surface area (Å²) < 4.78 is 32.6. The second-order valence-electron chi connectivity index (χ2n) is 14.9. The summed E-state index contributed by atoms with van der Waals surface area (Å²) >= 11 is 0. The van der Waals surface area contributed by atoms with Crippen LogP contribution in [0.25, 0.3) is 0 Å². The fourth-order valence-electron chi connectivity index (χ4n) is 5.74. The molecule has 0 radical (unpaired) electrons. The molecule has 58 heavy (non-hydrogen) atoms. The standard InChI is InChI=1S/C46H81O11P/c1-3-5-7-8-9-10-11-12-13-14-15-16-19-22-25-28-32-36-45(50)54-40-44(41-56-58(52,53)55-39-43(49)38-47)57-46(51)37-33-29-26-23-20-17-18-21-24-27-31-35-42(48)34-30-6-4-2/h12-13,17-18,23-24,26-27,31,35,42-44,47-49H,3-11,14-16,19-22,25,28-30,32-34,36-41H2,1-2H3,(H,52,53)/b13-12-,18-17-,26-23-,27-24-,35-31+/t42-,43-,44+/m0/s1. The minimum absolute atomic E-state index is 0.0855. The van der Waals surface area contributed by atoms with Crippen molar-refractivity contribution in [2.24, 2.45) is 0 Å². The Kier molecular flexibility index (Phi) is 39.7. The first-order valence-corrected chi connectivity index (χ1v) is 23.8. The molecule has 0 aromatic rings. The van der Waals surface area contributed by atoms with Gasteiger partial charge in [0.15, 0.2) is 6.10 Å². The van der Waals surface area contributed by atoms with E-state index in [0.717, 1.165) is 64.2 Å². The van der Waals surface area contributed by atoms with Crippen molar-refractivity contribution in [3.63, 3.8) is 0 Å². The fraction of sp³-hybridized carbons (Fsp3) is 0.739. The number of aliphatic hydroxyl groups excluding tert-OH is 3. The largest absolute Gasteiger partial charge is 0.472 e. The van der Waals surface area contributed by atoms with Gasteiger partial charge in [-0.3, -0.25) is 18.6 Å². The number of ether oxygens (including phenoxy) is 2. The molecule has 4 N–H and O–H groups in total. The first-order chi connectivity index (χ1) is 28.1. The average molecular weight is 841 g/mol. The lowest BCUT2D eigenvalue weighted by Gasteiger charge is -2.20. The van der Waals surface area contributed by atoms with Crippen molar-refractivity contribution in [1.82, 2.24) is 0 Å². The first kappa shape index (κ1) is 55.6. The molecule has 11 nitrogen and oxygen atoms in total. The Morgan fingerprint density at radius 2 is 1.10 bits per heavy atom. The zero-order valence-corrected chi connectivity index (χ0v) is 37.0. The summed E-state index contributed by atoms with van der Waals surface area (Å²) in [4.78, 5) is 35.0. The SMILES string of the molecule is CCCCCCCC/C=C\CCCCCCCCCC(=O)OC[C@H](COP(=O)(O)OC[C@@H](O)CO)OC(=O)CCC/C=C\C/C=C\C/C=C\C=C\[C@@H](O)CCCCC. The number of phosphoric ester groups is 1. The van der Waals surface area contributed by atoms with Crippen LogP contribution in [-0.4, -0.2) is 76.9 Å².